The van der Waals surface area contributed by atoms with Gasteiger partial charge in [-0.2, -0.15) is 0 Å². The van der Waals surface area contributed by atoms with Crippen LogP contribution in [0.25, 0.3) is 0 Å². The van der Waals surface area contributed by atoms with Crippen molar-refractivity contribution in [3.8, 4) is 0 Å². The first-order chi connectivity index (χ1) is 6.61. The molecule has 0 unspecified atom stereocenters. The zero-order valence-electron chi connectivity index (χ0n) is 8.45. The monoisotopic (exact) mass is 189 g/mol. The van der Waals surface area contributed by atoms with Crippen molar-refractivity contribution in [1.29, 1.82) is 0 Å². The first kappa shape index (κ1) is 9.98. The molecular weight excluding hydrogens is 172 g/mol. The number of carboxylic acid groups (broad SMARTS) is 1. The van der Waals surface area contributed by atoms with Gasteiger partial charge in [-0.25, -0.2) is 4.79 Å². The summed E-state index contributed by atoms with van der Waals surface area (Å²) in [5.74, 6) is -1.63. The summed E-state index contributed by atoms with van der Waals surface area (Å²) in [6, 6.07) is -0.889. The van der Waals surface area contributed by atoms with Crippen molar-refractivity contribution in [1.82, 2.24) is 5.32 Å². The molecule has 0 radical (unpaired) electrons. The molecule has 0 aromatic carbocycles. The number of carbonyl (C=O) groups is 2. The second-order valence-corrected chi connectivity index (χ2v) is 2.74. The van der Waals surface area contributed by atoms with Crippen LogP contribution in [0.1, 0.15) is 27.5 Å². The lowest BCUT2D eigenvalue weighted by molar-refractivity contribution is -0.141. The summed E-state index contributed by atoms with van der Waals surface area (Å²) >= 11 is 0. The summed E-state index contributed by atoms with van der Waals surface area (Å²) in [5.41, 5.74) is 5.25. The van der Waals surface area contributed by atoms with E-state index in [0.717, 1.165) is 6.42 Å². The molecule has 1 amide bonds. The van der Waals surface area contributed by atoms with Gasteiger partial charge in [0.05, 0.1) is 0 Å². The number of aliphatic carboxylic acids is 1. The first-order valence-corrected chi connectivity index (χ1v) is 4.13. The molecule has 13 heavy (non-hydrogen) atoms. The Morgan fingerprint density at radius 3 is 2.77 bits per heavy atom. The molecule has 5 heteroatoms. The van der Waals surface area contributed by atoms with Gasteiger partial charge in [0, 0.05) is 8.27 Å². The number of carbonyl (C=O) groups excluding carboxylic acids is 1. The minimum atomic E-state index is -1.07. The van der Waals surface area contributed by atoms with Crippen molar-refractivity contribution in [2.75, 3.05) is 6.54 Å². The minimum Gasteiger partial charge on any atom is -0.480 e. The second kappa shape index (κ2) is 6.42. The molecule has 0 saturated heterocycles. The van der Waals surface area contributed by atoms with E-state index in [2.05, 4.69) is 5.32 Å². The third-order valence-corrected chi connectivity index (χ3v) is 1.58. The van der Waals surface area contributed by atoms with Crippen LogP contribution >= 0.6 is 0 Å². The topological polar surface area (TPSA) is 92.4 Å². The largest absolute Gasteiger partial charge is 0.480 e. The summed E-state index contributed by atoms with van der Waals surface area (Å²) < 4.78 is 6.73. The fourth-order valence-corrected chi connectivity index (χ4v) is 0.945. The fraction of sp³-hybridized carbons (Fsp3) is 0.750. The van der Waals surface area contributed by atoms with E-state index in [-0.39, 0.29) is 0 Å². The van der Waals surface area contributed by atoms with Gasteiger partial charge in [-0.15, -0.1) is 0 Å². The number of nitrogens with two attached hydrogens (primary N) is 1. The maximum Gasteiger partial charge on any atom is 0.326 e. The number of hydrogen-bond donors (Lipinski definition) is 3. The average Bonchev–Trinajstić information content (AvgIpc) is 2.16. The molecule has 0 bridgehead atoms. The van der Waals surface area contributed by atoms with Crippen molar-refractivity contribution in [3.05, 3.63) is 0 Å². The molecular formula is C8H16N2O3. The van der Waals surface area contributed by atoms with Gasteiger partial charge in [-0.1, -0.05) is 0 Å². The van der Waals surface area contributed by atoms with Gasteiger partial charge in [-0.05, 0) is 25.8 Å². The summed E-state index contributed by atoms with van der Waals surface area (Å²) in [5, 5.41) is 11.0. The molecule has 5 nitrogen and oxygen atoms in total. The number of hydrogen-bond acceptors (Lipinski definition) is 3. The second-order valence-electron chi connectivity index (χ2n) is 2.74. The van der Waals surface area contributed by atoms with Crippen LogP contribution in [0.2, 0.25) is 0 Å². The zero-order valence-corrected chi connectivity index (χ0v) is 7.45. The standard InChI is InChI=1S/C8H16N2O3/c1-6(11)10-7(8(12)13)4-2-3-5-9/h7H,2-5,9H2,1H3,(H,10,11)(H,12,13)/t7-/m0/s1/i1D. The van der Waals surface area contributed by atoms with Gasteiger partial charge in [0.2, 0.25) is 5.91 Å². The molecule has 0 spiro atoms. The molecule has 0 aliphatic heterocycles. The summed E-state index contributed by atoms with van der Waals surface area (Å²) in [6.07, 6.45) is 1.75. The predicted octanol–water partition coefficient (Wildman–Crippen LogP) is -0.295. The van der Waals surface area contributed by atoms with E-state index in [1.165, 1.54) is 0 Å². The molecule has 76 valence electrons. The van der Waals surface area contributed by atoms with Gasteiger partial charge in [0.25, 0.3) is 0 Å². The van der Waals surface area contributed by atoms with E-state index in [9.17, 15) is 9.59 Å². The highest BCUT2D eigenvalue weighted by Crippen LogP contribution is 2.00. The molecule has 0 aromatic heterocycles. The maximum absolute atomic E-state index is 10.8. The quantitative estimate of drug-likeness (QED) is 0.500. The molecule has 0 aromatic rings. The SMILES string of the molecule is [2H]CC(=O)N[C@@H](CCCCN)C(=O)O. The van der Waals surface area contributed by atoms with Crippen LogP contribution in [0.3, 0.4) is 0 Å². The highest BCUT2D eigenvalue weighted by Gasteiger charge is 2.16. The Bertz CT molecular complexity index is 199. The van der Waals surface area contributed by atoms with Crippen molar-refractivity contribution >= 4 is 11.9 Å². The molecule has 0 saturated carbocycles. The van der Waals surface area contributed by atoms with Crippen molar-refractivity contribution in [3.63, 3.8) is 0 Å². The van der Waals surface area contributed by atoms with E-state index >= 15 is 0 Å². The lowest BCUT2D eigenvalue weighted by Gasteiger charge is -2.12. The number of rotatable bonds is 6. The van der Waals surface area contributed by atoms with Gasteiger partial charge in [0.1, 0.15) is 6.04 Å². The van der Waals surface area contributed by atoms with Gasteiger partial charge in [-0.3, -0.25) is 4.79 Å². The third kappa shape index (κ3) is 6.10. The Hall–Kier alpha value is -1.10. The van der Waals surface area contributed by atoms with Gasteiger partial charge >= 0.3 is 5.97 Å². The number of nitrogens with one attached hydrogen (secondary N) is 1. The third-order valence-electron chi connectivity index (χ3n) is 1.58. The fourth-order valence-electron chi connectivity index (χ4n) is 0.945. The van der Waals surface area contributed by atoms with Crippen LogP contribution in [0.15, 0.2) is 0 Å². The Kier molecular flexibility index (Phi) is 4.93. The average molecular weight is 189 g/mol. The Morgan fingerprint density at radius 1 is 1.62 bits per heavy atom. The van der Waals surface area contributed by atoms with E-state index in [1.807, 2.05) is 0 Å². The molecule has 4 N–H and O–H groups in total. The van der Waals surface area contributed by atoms with Crippen molar-refractivity contribution in [2.24, 2.45) is 5.73 Å². The van der Waals surface area contributed by atoms with Crippen LogP contribution in [-0.2, 0) is 9.59 Å². The van der Waals surface area contributed by atoms with E-state index in [1.54, 1.807) is 0 Å². The summed E-state index contributed by atoms with van der Waals surface area (Å²) in [7, 11) is 0. The molecule has 0 fully saturated rings. The van der Waals surface area contributed by atoms with E-state index in [4.69, 9.17) is 12.2 Å². The summed E-state index contributed by atoms with van der Waals surface area (Å²) in [4.78, 5) is 21.4. The Balaban J connectivity index is 3.90. The van der Waals surface area contributed by atoms with E-state index in [0.29, 0.717) is 19.4 Å². The smallest absolute Gasteiger partial charge is 0.326 e. The molecule has 0 rings (SSSR count). The lowest BCUT2D eigenvalue weighted by atomic mass is 10.1. The Labute approximate surface area is 78.7 Å². The first-order valence-electron chi connectivity index (χ1n) is 4.84. The lowest BCUT2D eigenvalue weighted by Crippen LogP contribution is -2.39. The van der Waals surface area contributed by atoms with Crippen molar-refractivity contribution < 1.29 is 16.1 Å². The zero-order chi connectivity index (χ0) is 11.0. The van der Waals surface area contributed by atoms with Gasteiger partial charge in [0.15, 0.2) is 0 Å². The molecule has 1 atom stereocenters. The summed E-state index contributed by atoms with van der Waals surface area (Å²) in [6.45, 7) is 0.0688. The molecule has 0 aliphatic rings. The van der Waals surface area contributed by atoms with Crippen LogP contribution in [-0.4, -0.2) is 29.6 Å². The minimum absolute atomic E-state index is 0.359. The van der Waals surface area contributed by atoms with Crippen molar-refractivity contribution in [2.45, 2.75) is 32.2 Å². The predicted molar refractivity (Wildman–Crippen MR) is 48.1 cm³/mol. The van der Waals surface area contributed by atoms with Crippen LogP contribution < -0.4 is 11.1 Å². The maximum atomic E-state index is 10.8. The van der Waals surface area contributed by atoms with Crippen LogP contribution in [0, 0.1) is 0 Å². The normalized spacial score (nSPS) is 13.2. The van der Waals surface area contributed by atoms with Crippen LogP contribution in [0.4, 0.5) is 0 Å². The molecule has 0 heterocycles. The highest BCUT2D eigenvalue weighted by molar-refractivity contribution is 5.81. The number of unbranched alkanes of at least 4 members (excludes halogenated alkanes) is 1. The Morgan fingerprint density at radius 2 is 2.31 bits per heavy atom. The highest BCUT2D eigenvalue weighted by atomic mass is 16.4. The van der Waals surface area contributed by atoms with Crippen LogP contribution in [0.5, 0.6) is 0 Å². The number of amides is 1. The van der Waals surface area contributed by atoms with Gasteiger partial charge < -0.3 is 16.2 Å². The van der Waals surface area contributed by atoms with E-state index < -0.39 is 24.8 Å². The number of carboxylic acids is 1. The molecule has 0 aliphatic carbocycles.